The van der Waals surface area contributed by atoms with Crippen LogP contribution in [0.5, 0.6) is 0 Å². The summed E-state index contributed by atoms with van der Waals surface area (Å²) in [7, 11) is 0. The van der Waals surface area contributed by atoms with Crippen molar-refractivity contribution in [2.45, 2.75) is 25.7 Å². The van der Waals surface area contributed by atoms with Gasteiger partial charge >= 0.3 is 0 Å². The van der Waals surface area contributed by atoms with Gasteiger partial charge in [0, 0.05) is 12.2 Å². The normalized spacial score (nSPS) is 15.6. The molecule has 2 rings (SSSR count). The number of benzene rings is 1. The van der Waals surface area contributed by atoms with E-state index in [0.717, 1.165) is 12.3 Å². The lowest BCUT2D eigenvalue weighted by atomic mass is 9.83. The second-order valence-corrected chi connectivity index (χ2v) is 4.95. The van der Waals surface area contributed by atoms with Crippen molar-refractivity contribution in [2.75, 3.05) is 13.2 Å². The topological polar surface area (TPSA) is 26.3 Å². The highest BCUT2D eigenvalue weighted by Crippen LogP contribution is 2.29. The molecule has 2 nitrogen and oxygen atoms in total. The zero-order chi connectivity index (χ0) is 12.1. The Hall–Kier alpha value is -0.860. The van der Waals surface area contributed by atoms with Crippen molar-refractivity contribution >= 4 is 17.4 Å². The summed E-state index contributed by atoms with van der Waals surface area (Å²) in [6.45, 7) is 0.817. The number of carbonyl (C=O) groups excluding carboxylic acids is 1. The molecule has 0 aromatic heterocycles. The van der Waals surface area contributed by atoms with Crippen LogP contribution in [0.3, 0.4) is 0 Å². The smallest absolute Gasteiger partial charge is 0.189 e. The molecule has 0 atom stereocenters. The SMILES string of the molecule is O=C(COCCC1CCC1)c1ccccc1Cl. The van der Waals surface area contributed by atoms with Gasteiger partial charge in [0.05, 0.1) is 5.02 Å². The fraction of sp³-hybridized carbons (Fsp3) is 0.500. The van der Waals surface area contributed by atoms with E-state index in [0.29, 0.717) is 17.2 Å². The Morgan fingerprint density at radius 1 is 1.35 bits per heavy atom. The molecule has 1 aliphatic carbocycles. The molecule has 1 aromatic rings. The highest BCUT2D eigenvalue weighted by molar-refractivity contribution is 6.34. The summed E-state index contributed by atoms with van der Waals surface area (Å²) < 4.78 is 5.40. The number of hydrogen-bond donors (Lipinski definition) is 0. The minimum atomic E-state index is -0.0378. The number of hydrogen-bond acceptors (Lipinski definition) is 2. The molecule has 1 fully saturated rings. The highest BCUT2D eigenvalue weighted by Gasteiger charge is 2.17. The Labute approximate surface area is 107 Å². The van der Waals surface area contributed by atoms with Crippen molar-refractivity contribution in [3.63, 3.8) is 0 Å². The molecule has 1 saturated carbocycles. The third-order valence-corrected chi connectivity index (χ3v) is 3.63. The van der Waals surface area contributed by atoms with Crippen LogP contribution in [0.1, 0.15) is 36.0 Å². The third kappa shape index (κ3) is 3.55. The van der Waals surface area contributed by atoms with E-state index >= 15 is 0 Å². The van der Waals surface area contributed by atoms with Crippen molar-refractivity contribution in [3.05, 3.63) is 34.9 Å². The molecule has 92 valence electrons. The van der Waals surface area contributed by atoms with Gasteiger partial charge in [-0.15, -0.1) is 0 Å². The molecule has 1 aliphatic rings. The Bertz CT molecular complexity index is 386. The highest BCUT2D eigenvalue weighted by atomic mass is 35.5. The van der Waals surface area contributed by atoms with Gasteiger partial charge in [-0.05, 0) is 24.5 Å². The van der Waals surface area contributed by atoms with Gasteiger partial charge in [-0.1, -0.05) is 43.0 Å². The van der Waals surface area contributed by atoms with Gasteiger partial charge in [0.2, 0.25) is 0 Å². The summed E-state index contributed by atoms with van der Waals surface area (Å²) in [5.74, 6) is 0.787. The van der Waals surface area contributed by atoms with Gasteiger partial charge in [0.1, 0.15) is 6.61 Å². The van der Waals surface area contributed by atoms with Crippen molar-refractivity contribution in [3.8, 4) is 0 Å². The first-order valence-electron chi connectivity index (χ1n) is 6.13. The molecular formula is C14H17ClO2. The molecule has 0 radical (unpaired) electrons. The Balaban J connectivity index is 1.71. The first-order valence-corrected chi connectivity index (χ1v) is 6.50. The molecule has 0 bridgehead atoms. The van der Waals surface area contributed by atoms with Crippen molar-refractivity contribution in [1.82, 2.24) is 0 Å². The Morgan fingerprint density at radius 2 is 2.12 bits per heavy atom. The molecule has 0 amide bonds. The molecular weight excluding hydrogens is 236 g/mol. The summed E-state index contributed by atoms with van der Waals surface area (Å²) in [4.78, 5) is 11.8. The van der Waals surface area contributed by atoms with Gasteiger partial charge in [-0.2, -0.15) is 0 Å². The van der Waals surface area contributed by atoms with Crippen LogP contribution in [-0.2, 0) is 4.74 Å². The lowest BCUT2D eigenvalue weighted by Crippen LogP contribution is -2.16. The van der Waals surface area contributed by atoms with E-state index in [2.05, 4.69) is 0 Å². The Morgan fingerprint density at radius 3 is 2.76 bits per heavy atom. The molecule has 0 unspecified atom stereocenters. The molecule has 17 heavy (non-hydrogen) atoms. The number of ketones is 1. The molecule has 0 aliphatic heterocycles. The van der Waals surface area contributed by atoms with Crippen molar-refractivity contribution in [1.29, 1.82) is 0 Å². The predicted molar refractivity (Wildman–Crippen MR) is 68.6 cm³/mol. The zero-order valence-electron chi connectivity index (χ0n) is 9.82. The monoisotopic (exact) mass is 252 g/mol. The maximum atomic E-state index is 11.8. The van der Waals surface area contributed by atoms with Gasteiger partial charge in [-0.25, -0.2) is 0 Å². The summed E-state index contributed by atoms with van der Waals surface area (Å²) in [6, 6.07) is 7.09. The van der Waals surface area contributed by atoms with Crippen LogP contribution in [0.15, 0.2) is 24.3 Å². The van der Waals surface area contributed by atoms with Crippen molar-refractivity contribution < 1.29 is 9.53 Å². The third-order valence-electron chi connectivity index (χ3n) is 3.30. The van der Waals surface area contributed by atoms with Crippen LogP contribution < -0.4 is 0 Å². The lowest BCUT2D eigenvalue weighted by Gasteiger charge is -2.24. The van der Waals surface area contributed by atoms with Gasteiger partial charge < -0.3 is 4.74 Å². The minimum absolute atomic E-state index is 0.0378. The molecule has 0 heterocycles. The quantitative estimate of drug-likeness (QED) is 0.570. The fourth-order valence-corrected chi connectivity index (χ4v) is 2.20. The number of ether oxygens (including phenoxy) is 1. The Kier molecular flexibility index (Phi) is 4.57. The average Bonchev–Trinajstić information content (AvgIpc) is 2.26. The fourth-order valence-electron chi connectivity index (χ4n) is 1.96. The lowest BCUT2D eigenvalue weighted by molar-refractivity contribution is 0.0705. The number of Topliss-reactive ketones (excluding diaryl/α,β-unsaturated/α-hetero) is 1. The van der Waals surface area contributed by atoms with Gasteiger partial charge in [-0.3, -0.25) is 4.79 Å². The first-order chi connectivity index (χ1) is 8.27. The second kappa shape index (κ2) is 6.18. The molecule has 0 spiro atoms. The van der Waals surface area contributed by atoms with Crippen LogP contribution in [0.25, 0.3) is 0 Å². The maximum absolute atomic E-state index is 11.8. The number of halogens is 1. The zero-order valence-corrected chi connectivity index (χ0v) is 10.6. The molecule has 0 saturated heterocycles. The molecule has 0 N–H and O–H groups in total. The van der Waals surface area contributed by atoms with E-state index in [1.54, 1.807) is 12.1 Å². The van der Waals surface area contributed by atoms with Crippen LogP contribution in [-0.4, -0.2) is 19.0 Å². The van der Waals surface area contributed by atoms with E-state index in [-0.39, 0.29) is 12.4 Å². The summed E-state index contributed by atoms with van der Waals surface area (Å²) in [5.41, 5.74) is 0.554. The van der Waals surface area contributed by atoms with Crippen LogP contribution in [0, 0.1) is 5.92 Å². The van der Waals surface area contributed by atoms with Gasteiger partial charge in [0.15, 0.2) is 5.78 Å². The van der Waals surface area contributed by atoms with E-state index in [9.17, 15) is 4.79 Å². The minimum Gasteiger partial charge on any atom is -0.373 e. The van der Waals surface area contributed by atoms with Crippen molar-refractivity contribution in [2.24, 2.45) is 5.92 Å². The average molecular weight is 253 g/mol. The molecule has 3 heteroatoms. The van der Waals surface area contributed by atoms with Crippen LogP contribution >= 0.6 is 11.6 Å². The number of carbonyl (C=O) groups is 1. The number of rotatable bonds is 6. The summed E-state index contributed by atoms with van der Waals surface area (Å²) >= 11 is 5.94. The summed E-state index contributed by atoms with van der Waals surface area (Å²) in [5, 5.41) is 0.500. The second-order valence-electron chi connectivity index (χ2n) is 4.54. The van der Waals surface area contributed by atoms with E-state index in [1.807, 2.05) is 12.1 Å². The predicted octanol–water partition coefficient (Wildman–Crippen LogP) is 3.73. The maximum Gasteiger partial charge on any atom is 0.189 e. The van der Waals surface area contributed by atoms with E-state index in [1.165, 1.54) is 19.3 Å². The summed E-state index contributed by atoms with van der Waals surface area (Å²) in [6.07, 6.45) is 5.07. The first kappa shape index (κ1) is 12.6. The largest absolute Gasteiger partial charge is 0.373 e. The van der Waals surface area contributed by atoms with Crippen LogP contribution in [0.2, 0.25) is 5.02 Å². The van der Waals surface area contributed by atoms with Gasteiger partial charge in [0.25, 0.3) is 0 Å². The van der Waals surface area contributed by atoms with Crippen LogP contribution in [0.4, 0.5) is 0 Å². The van der Waals surface area contributed by atoms with E-state index < -0.39 is 0 Å². The molecule has 1 aromatic carbocycles. The van der Waals surface area contributed by atoms with E-state index in [4.69, 9.17) is 16.3 Å². The standard InChI is InChI=1S/C14H17ClO2/c15-13-7-2-1-6-12(13)14(16)10-17-9-8-11-4-3-5-11/h1-2,6-7,11H,3-5,8-10H2.